The first-order valence-corrected chi connectivity index (χ1v) is 6.21. The van der Waals surface area contributed by atoms with Gasteiger partial charge in [-0.05, 0) is 37.0 Å². The SMILES string of the molecule is CC(C)N1CCC(NC(=O)c2nonc2N)CC1. The second kappa shape index (κ2) is 5.34. The van der Waals surface area contributed by atoms with E-state index < -0.39 is 0 Å². The molecule has 2 heterocycles. The number of nitrogens with two attached hydrogens (primary N) is 1. The Morgan fingerprint density at radius 3 is 2.61 bits per heavy atom. The highest BCUT2D eigenvalue weighted by atomic mass is 16.6. The fraction of sp³-hybridized carbons (Fsp3) is 0.727. The monoisotopic (exact) mass is 253 g/mol. The summed E-state index contributed by atoms with van der Waals surface area (Å²) in [6.07, 6.45) is 1.88. The van der Waals surface area contributed by atoms with Crippen molar-refractivity contribution in [3.63, 3.8) is 0 Å². The lowest BCUT2D eigenvalue weighted by atomic mass is 10.0. The number of anilines is 1. The molecule has 100 valence electrons. The maximum Gasteiger partial charge on any atom is 0.277 e. The van der Waals surface area contributed by atoms with Gasteiger partial charge in [0.2, 0.25) is 11.5 Å². The van der Waals surface area contributed by atoms with Crippen LogP contribution in [0.5, 0.6) is 0 Å². The number of aromatic nitrogens is 2. The zero-order chi connectivity index (χ0) is 13.1. The van der Waals surface area contributed by atoms with Crippen LogP contribution in [-0.2, 0) is 0 Å². The Hall–Kier alpha value is -1.63. The van der Waals surface area contributed by atoms with Gasteiger partial charge in [0, 0.05) is 25.2 Å². The third kappa shape index (κ3) is 2.79. The third-order valence-corrected chi connectivity index (χ3v) is 3.32. The number of likely N-dealkylation sites (tertiary alicyclic amines) is 1. The number of hydrogen-bond donors (Lipinski definition) is 2. The topological polar surface area (TPSA) is 97.3 Å². The molecule has 1 fully saturated rings. The van der Waals surface area contributed by atoms with Gasteiger partial charge in [0.05, 0.1) is 0 Å². The Balaban J connectivity index is 1.85. The van der Waals surface area contributed by atoms with E-state index in [1.165, 1.54) is 0 Å². The lowest BCUT2D eigenvalue weighted by Crippen LogP contribution is -2.46. The first-order chi connectivity index (χ1) is 8.58. The van der Waals surface area contributed by atoms with Gasteiger partial charge in [-0.15, -0.1) is 0 Å². The van der Waals surface area contributed by atoms with E-state index in [1.807, 2.05) is 0 Å². The van der Waals surface area contributed by atoms with Gasteiger partial charge in [-0.3, -0.25) is 4.79 Å². The first kappa shape index (κ1) is 12.8. The van der Waals surface area contributed by atoms with Gasteiger partial charge in [0.1, 0.15) is 0 Å². The molecule has 1 aliphatic rings. The third-order valence-electron chi connectivity index (χ3n) is 3.32. The molecule has 0 radical (unpaired) electrons. The summed E-state index contributed by atoms with van der Waals surface area (Å²) in [5.74, 6) is -0.274. The molecule has 0 atom stereocenters. The number of nitrogen functional groups attached to an aromatic ring is 1. The van der Waals surface area contributed by atoms with Gasteiger partial charge >= 0.3 is 0 Å². The Morgan fingerprint density at radius 1 is 1.44 bits per heavy atom. The second-order valence-electron chi connectivity index (χ2n) is 4.88. The maximum absolute atomic E-state index is 11.8. The van der Waals surface area contributed by atoms with Crippen molar-refractivity contribution in [2.24, 2.45) is 0 Å². The summed E-state index contributed by atoms with van der Waals surface area (Å²) in [5.41, 5.74) is 5.54. The predicted molar refractivity (Wildman–Crippen MR) is 65.9 cm³/mol. The van der Waals surface area contributed by atoms with E-state index >= 15 is 0 Å². The van der Waals surface area contributed by atoms with Crippen molar-refractivity contribution in [3.8, 4) is 0 Å². The molecule has 7 heteroatoms. The molecule has 7 nitrogen and oxygen atoms in total. The summed E-state index contributed by atoms with van der Waals surface area (Å²) < 4.78 is 4.41. The maximum atomic E-state index is 11.8. The van der Waals surface area contributed by atoms with Crippen molar-refractivity contribution in [1.82, 2.24) is 20.5 Å². The normalized spacial score (nSPS) is 18.2. The second-order valence-corrected chi connectivity index (χ2v) is 4.88. The van der Waals surface area contributed by atoms with E-state index in [2.05, 4.69) is 39.0 Å². The molecule has 1 aromatic heterocycles. The number of carbonyl (C=O) groups is 1. The van der Waals surface area contributed by atoms with Crippen molar-refractivity contribution in [3.05, 3.63) is 5.69 Å². The average molecular weight is 253 g/mol. The quantitative estimate of drug-likeness (QED) is 0.801. The molecule has 0 bridgehead atoms. The van der Waals surface area contributed by atoms with Gasteiger partial charge in [0.15, 0.2) is 0 Å². The van der Waals surface area contributed by atoms with E-state index in [0.29, 0.717) is 6.04 Å². The summed E-state index contributed by atoms with van der Waals surface area (Å²) in [6.45, 7) is 6.35. The van der Waals surface area contributed by atoms with E-state index in [4.69, 9.17) is 5.73 Å². The molecule has 0 spiro atoms. The molecule has 1 amide bonds. The predicted octanol–water partition coefficient (Wildman–Crippen LogP) is 0.254. The number of nitrogens with zero attached hydrogens (tertiary/aromatic N) is 3. The molecule has 1 aliphatic heterocycles. The highest BCUT2D eigenvalue weighted by Gasteiger charge is 2.24. The van der Waals surface area contributed by atoms with Crippen LogP contribution in [0.4, 0.5) is 5.82 Å². The lowest BCUT2D eigenvalue weighted by Gasteiger charge is -2.34. The summed E-state index contributed by atoms with van der Waals surface area (Å²) in [5, 5.41) is 9.79. The van der Waals surface area contributed by atoms with Crippen LogP contribution in [0, 0.1) is 0 Å². The number of carbonyl (C=O) groups excluding carboxylic acids is 1. The van der Waals surface area contributed by atoms with Crippen LogP contribution in [-0.4, -0.2) is 46.3 Å². The largest absolute Gasteiger partial charge is 0.379 e. The molecule has 3 N–H and O–H groups in total. The van der Waals surface area contributed by atoms with Gasteiger partial charge in [0.25, 0.3) is 5.91 Å². The zero-order valence-corrected chi connectivity index (χ0v) is 10.7. The van der Waals surface area contributed by atoms with Crippen molar-refractivity contribution >= 4 is 11.7 Å². The van der Waals surface area contributed by atoms with Gasteiger partial charge in [-0.25, -0.2) is 4.63 Å². The molecule has 0 aliphatic carbocycles. The van der Waals surface area contributed by atoms with E-state index in [-0.39, 0.29) is 23.5 Å². The van der Waals surface area contributed by atoms with Crippen LogP contribution in [0.1, 0.15) is 37.2 Å². The molecule has 1 aromatic rings. The average Bonchev–Trinajstić information content (AvgIpc) is 2.76. The zero-order valence-electron chi connectivity index (χ0n) is 10.7. The minimum absolute atomic E-state index is 0.0344. The molecular weight excluding hydrogens is 234 g/mol. The summed E-state index contributed by atoms with van der Waals surface area (Å²) in [6, 6.07) is 0.723. The number of piperidine rings is 1. The summed E-state index contributed by atoms with van der Waals surface area (Å²) >= 11 is 0. The van der Waals surface area contributed by atoms with Crippen LogP contribution in [0.25, 0.3) is 0 Å². The molecular formula is C11H19N5O2. The molecule has 1 saturated heterocycles. The van der Waals surface area contributed by atoms with Gasteiger partial charge < -0.3 is 16.0 Å². The Bertz CT molecular complexity index is 409. The van der Waals surface area contributed by atoms with Crippen LogP contribution in [0.15, 0.2) is 4.63 Å². The van der Waals surface area contributed by atoms with Crippen LogP contribution >= 0.6 is 0 Å². The lowest BCUT2D eigenvalue weighted by molar-refractivity contribution is 0.0891. The Labute approximate surface area is 106 Å². The van der Waals surface area contributed by atoms with Crippen LogP contribution in [0.2, 0.25) is 0 Å². The van der Waals surface area contributed by atoms with Crippen molar-refractivity contribution in [2.75, 3.05) is 18.8 Å². The smallest absolute Gasteiger partial charge is 0.277 e. The number of nitrogens with one attached hydrogen (secondary N) is 1. The number of hydrogen-bond acceptors (Lipinski definition) is 6. The van der Waals surface area contributed by atoms with Crippen molar-refractivity contribution < 1.29 is 9.42 Å². The van der Waals surface area contributed by atoms with E-state index in [0.717, 1.165) is 25.9 Å². The van der Waals surface area contributed by atoms with E-state index in [9.17, 15) is 4.79 Å². The van der Waals surface area contributed by atoms with Crippen LogP contribution < -0.4 is 11.1 Å². The summed E-state index contributed by atoms with van der Waals surface area (Å²) in [4.78, 5) is 14.2. The summed E-state index contributed by atoms with van der Waals surface area (Å²) in [7, 11) is 0. The highest BCUT2D eigenvalue weighted by Crippen LogP contribution is 2.14. The van der Waals surface area contributed by atoms with Crippen molar-refractivity contribution in [2.45, 2.75) is 38.8 Å². The molecule has 2 rings (SSSR count). The van der Waals surface area contributed by atoms with Crippen molar-refractivity contribution in [1.29, 1.82) is 0 Å². The van der Waals surface area contributed by atoms with Gasteiger partial charge in [-0.1, -0.05) is 0 Å². The Kier molecular flexibility index (Phi) is 3.81. The molecule has 0 aromatic carbocycles. The number of amides is 1. The minimum Gasteiger partial charge on any atom is -0.379 e. The minimum atomic E-state index is -0.309. The van der Waals surface area contributed by atoms with E-state index in [1.54, 1.807) is 0 Å². The fourth-order valence-electron chi connectivity index (χ4n) is 2.17. The number of rotatable bonds is 3. The Morgan fingerprint density at radius 2 is 2.11 bits per heavy atom. The fourth-order valence-corrected chi connectivity index (χ4v) is 2.17. The molecule has 0 unspecified atom stereocenters. The first-order valence-electron chi connectivity index (χ1n) is 6.21. The van der Waals surface area contributed by atoms with Crippen LogP contribution in [0.3, 0.4) is 0 Å². The standard InChI is InChI=1S/C11H19N5O2/c1-7(2)16-5-3-8(4-6-16)13-11(17)9-10(12)15-18-14-9/h7-8H,3-6H2,1-2H3,(H2,12,15)(H,13,17). The highest BCUT2D eigenvalue weighted by molar-refractivity contribution is 5.96. The van der Waals surface area contributed by atoms with Gasteiger partial charge in [-0.2, -0.15) is 0 Å². The molecule has 18 heavy (non-hydrogen) atoms. The molecule has 0 saturated carbocycles.